The lowest BCUT2D eigenvalue weighted by Gasteiger charge is -2.38. The van der Waals surface area contributed by atoms with Gasteiger partial charge in [0.05, 0.1) is 25.8 Å². The van der Waals surface area contributed by atoms with Gasteiger partial charge in [-0.3, -0.25) is 0 Å². The minimum atomic E-state index is -0.547. The molecule has 28 heavy (non-hydrogen) atoms. The van der Waals surface area contributed by atoms with E-state index in [-0.39, 0.29) is 18.9 Å². The first-order valence-corrected chi connectivity index (χ1v) is 9.34. The van der Waals surface area contributed by atoms with E-state index in [0.717, 1.165) is 41.2 Å². The van der Waals surface area contributed by atoms with E-state index in [2.05, 4.69) is 11.4 Å². The molecule has 7 nitrogen and oxygen atoms in total. The lowest BCUT2D eigenvalue weighted by atomic mass is 9.87. The van der Waals surface area contributed by atoms with Gasteiger partial charge in [-0.2, -0.15) is 0 Å². The number of fused-ring (bicyclic) bond motifs is 7. The third-order valence-corrected chi connectivity index (χ3v) is 5.68. The van der Waals surface area contributed by atoms with Gasteiger partial charge in [0.2, 0.25) is 6.79 Å². The van der Waals surface area contributed by atoms with Crippen LogP contribution in [-0.4, -0.2) is 34.7 Å². The van der Waals surface area contributed by atoms with Gasteiger partial charge in [0.1, 0.15) is 6.10 Å². The van der Waals surface area contributed by atoms with E-state index in [1.807, 2.05) is 18.2 Å². The van der Waals surface area contributed by atoms with Crippen molar-refractivity contribution in [1.29, 1.82) is 0 Å². The second kappa shape index (κ2) is 6.84. The molecule has 7 heteroatoms. The summed E-state index contributed by atoms with van der Waals surface area (Å²) >= 11 is 0. The lowest BCUT2D eigenvalue weighted by molar-refractivity contribution is -0.181. The van der Waals surface area contributed by atoms with Gasteiger partial charge >= 0.3 is 0 Å². The number of nitrogens with one attached hydrogen (secondary N) is 1. The van der Waals surface area contributed by atoms with Crippen molar-refractivity contribution >= 4 is 0 Å². The molecule has 0 spiro atoms. The van der Waals surface area contributed by atoms with Gasteiger partial charge in [-0.05, 0) is 47.9 Å². The van der Waals surface area contributed by atoms with Gasteiger partial charge in [-0.15, -0.1) is 0 Å². The van der Waals surface area contributed by atoms with E-state index in [0.29, 0.717) is 11.5 Å². The van der Waals surface area contributed by atoms with Crippen molar-refractivity contribution in [3.8, 4) is 23.0 Å². The molecule has 0 aromatic heterocycles. The maximum absolute atomic E-state index is 6.45. The third-order valence-electron chi connectivity index (χ3n) is 5.68. The van der Waals surface area contributed by atoms with Crippen LogP contribution in [0.25, 0.3) is 0 Å². The molecule has 1 N–H and O–H groups in total. The van der Waals surface area contributed by atoms with Crippen molar-refractivity contribution in [2.45, 2.75) is 24.9 Å². The maximum Gasteiger partial charge on any atom is 0.231 e. The fourth-order valence-electron chi connectivity index (χ4n) is 4.39. The zero-order chi connectivity index (χ0) is 19.3. The largest absolute Gasteiger partial charge is 0.493 e. The van der Waals surface area contributed by atoms with Gasteiger partial charge in [0.15, 0.2) is 29.3 Å². The van der Waals surface area contributed by atoms with E-state index < -0.39 is 6.29 Å². The predicted molar refractivity (Wildman–Crippen MR) is 100 cm³/mol. The van der Waals surface area contributed by atoms with E-state index >= 15 is 0 Å². The van der Waals surface area contributed by atoms with Gasteiger partial charge in [-0.1, -0.05) is 6.07 Å². The zero-order valence-electron chi connectivity index (χ0n) is 16.1. The highest BCUT2D eigenvalue weighted by Crippen LogP contribution is 2.53. The molecule has 0 radical (unpaired) electrons. The Hall–Kier alpha value is -2.48. The van der Waals surface area contributed by atoms with Crippen molar-refractivity contribution in [3.63, 3.8) is 0 Å². The Morgan fingerprint density at radius 3 is 2.61 bits per heavy atom. The Bertz CT molecular complexity index is 914. The molecule has 0 bridgehead atoms. The molecule has 5 rings (SSSR count). The number of hydrogen-bond donors (Lipinski definition) is 1. The molecule has 0 amide bonds. The summed E-state index contributed by atoms with van der Waals surface area (Å²) in [5.74, 6) is 2.85. The van der Waals surface area contributed by atoms with E-state index in [1.165, 1.54) is 5.56 Å². The fraction of sp³-hybridized carbons (Fsp3) is 0.429. The summed E-state index contributed by atoms with van der Waals surface area (Å²) in [5.41, 5.74) is 4.26. The van der Waals surface area contributed by atoms with Crippen LogP contribution in [-0.2, 0) is 15.9 Å². The molecule has 3 heterocycles. The predicted octanol–water partition coefficient (Wildman–Crippen LogP) is 3.04. The molecule has 0 fully saturated rings. The van der Waals surface area contributed by atoms with Crippen LogP contribution in [0.2, 0.25) is 0 Å². The fourth-order valence-corrected chi connectivity index (χ4v) is 4.39. The summed E-state index contributed by atoms with van der Waals surface area (Å²) in [6.07, 6.45) is 0.0905. The monoisotopic (exact) mass is 385 g/mol. The van der Waals surface area contributed by atoms with Gasteiger partial charge < -0.3 is 33.7 Å². The molecular formula is C21H23NO6. The van der Waals surface area contributed by atoms with Crippen LogP contribution in [0, 0.1) is 0 Å². The van der Waals surface area contributed by atoms with Crippen LogP contribution in [0.1, 0.15) is 40.7 Å². The van der Waals surface area contributed by atoms with Crippen molar-refractivity contribution in [2.24, 2.45) is 0 Å². The average Bonchev–Trinajstić information content (AvgIpc) is 3.14. The molecule has 0 aliphatic carbocycles. The minimum absolute atomic E-state index is 0.0322. The molecule has 0 saturated carbocycles. The topological polar surface area (TPSA) is 67.4 Å². The Morgan fingerprint density at radius 1 is 1.00 bits per heavy atom. The van der Waals surface area contributed by atoms with Crippen LogP contribution >= 0.6 is 0 Å². The van der Waals surface area contributed by atoms with Crippen LogP contribution < -0.4 is 24.3 Å². The number of hydrogen-bond acceptors (Lipinski definition) is 7. The highest BCUT2D eigenvalue weighted by atomic mass is 16.7. The summed E-state index contributed by atoms with van der Waals surface area (Å²) < 4.78 is 34.5. The van der Waals surface area contributed by atoms with Gasteiger partial charge in [-0.25, -0.2) is 0 Å². The smallest absolute Gasteiger partial charge is 0.231 e. The second-order valence-electron chi connectivity index (χ2n) is 7.01. The molecule has 3 atom stereocenters. The standard InChI is InChI=1S/C21H23NO6/c1-23-15-8-11-6-7-22-18-12-4-5-14-20(27-10-26-14)17(12)21(25-3)28-19(18)13(11)9-16(15)24-2/h4-5,8-9,18-19,21-22H,6-7,10H2,1-3H3/t18-,19?,21+/m1/s1. The number of methoxy groups -OCH3 is 3. The molecule has 0 saturated heterocycles. The van der Waals surface area contributed by atoms with E-state index in [4.69, 9.17) is 28.4 Å². The van der Waals surface area contributed by atoms with Gasteiger partial charge in [0, 0.05) is 7.11 Å². The van der Waals surface area contributed by atoms with Crippen molar-refractivity contribution in [1.82, 2.24) is 5.32 Å². The summed E-state index contributed by atoms with van der Waals surface area (Å²) in [4.78, 5) is 0. The molecule has 148 valence electrons. The SMILES string of the molecule is COc1cc2c(cc1OC)C1O[C@H](OC)c3c(ccc4c3OCO4)[C@H]1NCC2. The van der Waals surface area contributed by atoms with Crippen molar-refractivity contribution in [3.05, 3.63) is 46.5 Å². The lowest BCUT2D eigenvalue weighted by Crippen LogP contribution is -2.34. The third kappa shape index (κ3) is 2.54. The summed E-state index contributed by atoms with van der Waals surface area (Å²) in [6, 6.07) is 8.06. The van der Waals surface area contributed by atoms with Crippen LogP contribution in [0.5, 0.6) is 23.0 Å². The second-order valence-corrected chi connectivity index (χ2v) is 7.01. The van der Waals surface area contributed by atoms with Gasteiger partial charge in [0.25, 0.3) is 0 Å². The Kier molecular flexibility index (Phi) is 4.30. The first-order valence-electron chi connectivity index (χ1n) is 9.34. The molecule has 3 aliphatic heterocycles. The van der Waals surface area contributed by atoms with Crippen LogP contribution in [0.15, 0.2) is 24.3 Å². The van der Waals surface area contributed by atoms with Crippen molar-refractivity contribution in [2.75, 3.05) is 34.7 Å². The Labute approximate surface area is 163 Å². The number of ether oxygens (including phenoxy) is 6. The maximum atomic E-state index is 6.45. The Balaban J connectivity index is 1.66. The molecule has 2 aromatic carbocycles. The highest BCUT2D eigenvalue weighted by Gasteiger charge is 2.42. The normalized spacial score (nSPS) is 24.6. The first kappa shape index (κ1) is 17.6. The van der Waals surface area contributed by atoms with Crippen LogP contribution in [0.4, 0.5) is 0 Å². The quantitative estimate of drug-likeness (QED) is 0.871. The Morgan fingerprint density at radius 2 is 1.82 bits per heavy atom. The number of rotatable bonds is 3. The first-order chi connectivity index (χ1) is 13.7. The highest BCUT2D eigenvalue weighted by molar-refractivity contribution is 5.56. The minimum Gasteiger partial charge on any atom is -0.493 e. The summed E-state index contributed by atoms with van der Waals surface area (Å²) in [7, 11) is 4.94. The molecule has 2 aromatic rings. The van der Waals surface area contributed by atoms with E-state index in [1.54, 1.807) is 21.3 Å². The van der Waals surface area contributed by atoms with Crippen molar-refractivity contribution < 1.29 is 28.4 Å². The summed E-state index contributed by atoms with van der Waals surface area (Å²) in [6.45, 7) is 1.03. The average molecular weight is 385 g/mol. The van der Waals surface area contributed by atoms with Crippen LogP contribution in [0.3, 0.4) is 0 Å². The molecule has 3 aliphatic rings. The molecular weight excluding hydrogens is 362 g/mol. The summed E-state index contributed by atoms with van der Waals surface area (Å²) in [5, 5.41) is 3.64. The molecule has 1 unspecified atom stereocenters. The zero-order valence-corrected chi connectivity index (χ0v) is 16.1. The van der Waals surface area contributed by atoms with E-state index in [9.17, 15) is 0 Å². The number of benzene rings is 2.